The molecule has 0 atom stereocenters. The van der Waals surface area contributed by atoms with Gasteiger partial charge in [0.2, 0.25) is 0 Å². The Kier molecular flexibility index (Phi) is 3.15. The Labute approximate surface area is 118 Å². The van der Waals surface area contributed by atoms with E-state index < -0.39 is 0 Å². The van der Waals surface area contributed by atoms with Crippen molar-refractivity contribution < 1.29 is 5.11 Å². The van der Waals surface area contributed by atoms with Gasteiger partial charge in [0.15, 0.2) is 0 Å². The molecule has 0 spiro atoms. The van der Waals surface area contributed by atoms with Crippen LogP contribution in [0.15, 0.2) is 48.5 Å². The van der Waals surface area contributed by atoms with Crippen molar-refractivity contribution in [3.05, 3.63) is 71.0 Å². The van der Waals surface area contributed by atoms with Crippen LogP contribution < -0.4 is 0 Å². The molecule has 0 amide bonds. The summed E-state index contributed by atoms with van der Waals surface area (Å²) in [6.45, 7) is 3.82. The predicted molar refractivity (Wildman–Crippen MR) is 82.1 cm³/mol. The maximum atomic E-state index is 10.2. The molecule has 2 aromatic carbocycles. The Bertz CT molecular complexity index is 763. The summed E-state index contributed by atoms with van der Waals surface area (Å²) in [5.74, 6) is 0.292. The van der Waals surface area contributed by atoms with Gasteiger partial charge in [-0.15, -0.1) is 0 Å². The fourth-order valence-corrected chi connectivity index (χ4v) is 2.60. The SMILES string of the molecule is Cc1nc(C)c2ccc(Cc3ccccc3)cc2c1O. The van der Waals surface area contributed by atoms with E-state index in [1.807, 2.05) is 32.0 Å². The molecule has 1 aromatic heterocycles. The minimum Gasteiger partial charge on any atom is -0.505 e. The van der Waals surface area contributed by atoms with Gasteiger partial charge in [0, 0.05) is 16.5 Å². The van der Waals surface area contributed by atoms with Crippen molar-refractivity contribution in [1.29, 1.82) is 0 Å². The Morgan fingerprint density at radius 3 is 2.35 bits per heavy atom. The van der Waals surface area contributed by atoms with Crippen LogP contribution in [0.5, 0.6) is 5.75 Å². The number of aryl methyl sites for hydroxylation is 2. The van der Waals surface area contributed by atoms with Gasteiger partial charge in [-0.05, 0) is 37.5 Å². The first kappa shape index (κ1) is 12.7. The molecule has 3 rings (SSSR count). The lowest BCUT2D eigenvalue weighted by Crippen LogP contribution is -1.93. The molecule has 0 saturated carbocycles. The van der Waals surface area contributed by atoms with Crippen LogP contribution in [0, 0.1) is 13.8 Å². The highest BCUT2D eigenvalue weighted by molar-refractivity contribution is 5.90. The first-order valence-electron chi connectivity index (χ1n) is 6.78. The van der Waals surface area contributed by atoms with E-state index in [1.165, 1.54) is 11.1 Å². The Hall–Kier alpha value is -2.35. The van der Waals surface area contributed by atoms with E-state index in [2.05, 4.69) is 35.3 Å². The average Bonchev–Trinajstić information content (AvgIpc) is 2.46. The van der Waals surface area contributed by atoms with Gasteiger partial charge in [-0.1, -0.05) is 42.5 Å². The Balaban J connectivity index is 2.09. The normalized spacial score (nSPS) is 10.9. The molecular weight excluding hydrogens is 246 g/mol. The smallest absolute Gasteiger partial charge is 0.144 e. The van der Waals surface area contributed by atoms with Crippen LogP contribution in [0.1, 0.15) is 22.5 Å². The fraction of sp³-hybridized carbons (Fsp3) is 0.167. The molecule has 1 heterocycles. The van der Waals surface area contributed by atoms with Crippen molar-refractivity contribution in [2.24, 2.45) is 0 Å². The highest BCUT2D eigenvalue weighted by Crippen LogP contribution is 2.30. The van der Waals surface area contributed by atoms with Gasteiger partial charge in [-0.2, -0.15) is 0 Å². The molecule has 0 unspecified atom stereocenters. The van der Waals surface area contributed by atoms with Gasteiger partial charge in [-0.3, -0.25) is 4.98 Å². The predicted octanol–water partition coefficient (Wildman–Crippen LogP) is 4.15. The van der Waals surface area contributed by atoms with Crippen LogP contribution in [-0.4, -0.2) is 10.1 Å². The second-order valence-electron chi connectivity index (χ2n) is 5.17. The summed E-state index contributed by atoms with van der Waals surface area (Å²) in [5.41, 5.74) is 4.12. The van der Waals surface area contributed by atoms with Gasteiger partial charge in [0.1, 0.15) is 5.75 Å². The summed E-state index contributed by atoms with van der Waals surface area (Å²) in [4.78, 5) is 4.36. The van der Waals surface area contributed by atoms with E-state index in [0.29, 0.717) is 11.4 Å². The summed E-state index contributed by atoms with van der Waals surface area (Å²) >= 11 is 0. The fourth-order valence-electron chi connectivity index (χ4n) is 2.60. The summed E-state index contributed by atoms with van der Waals surface area (Å²) in [6, 6.07) is 16.6. The third kappa shape index (κ3) is 2.25. The van der Waals surface area contributed by atoms with E-state index in [0.717, 1.165) is 22.9 Å². The van der Waals surface area contributed by atoms with Crippen LogP contribution in [0.3, 0.4) is 0 Å². The highest BCUT2D eigenvalue weighted by Gasteiger charge is 2.08. The number of nitrogens with zero attached hydrogens (tertiary/aromatic N) is 1. The number of aromatic nitrogens is 1. The maximum Gasteiger partial charge on any atom is 0.144 e. The zero-order chi connectivity index (χ0) is 14.1. The number of hydrogen-bond donors (Lipinski definition) is 1. The molecule has 0 saturated heterocycles. The van der Waals surface area contributed by atoms with Crippen molar-refractivity contribution in [3.63, 3.8) is 0 Å². The standard InChI is InChI=1S/C18H17NO/c1-12-16-9-8-15(10-14-6-4-3-5-7-14)11-17(16)18(20)13(2)19-12/h3-9,11,20H,10H2,1-2H3. The maximum absolute atomic E-state index is 10.2. The number of benzene rings is 2. The number of pyridine rings is 1. The molecule has 0 bridgehead atoms. The minimum absolute atomic E-state index is 0.292. The van der Waals surface area contributed by atoms with Gasteiger partial charge in [0.25, 0.3) is 0 Å². The van der Waals surface area contributed by atoms with Gasteiger partial charge in [-0.25, -0.2) is 0 Å². The molecule has 0 radical (unpaired) electrons. The van der Waals surface area contributed by atoms with E-state index in [-0.39, 0.29) is 0 Å². The first-order valence-corrected chi connectivity index (χ1v) is 6.78. The lowest BCUT2D eigenvalue weighted by Gasteiger charge is -2.09. The van der Waals surface area contributed by atoms with Crippen molar-refractivity contribution in [2.75, 3.05) is 0 Å². The zero-order valence-electron chi connectivity index (χ0n) is 11.7. The van der Waals surface area contributed by atoms with E-state index in [1.54, 1.807) is 0 Å². The lowest BCUT2D eigenvalue weighted by atomic mass is 10.00. The third-order valence-corrected chi connectivity index (χ3v) is 3.66. The van der Waals surface area contributed by atoms with Crippen LogP contribution in [0.4, 0.5) is 0 Å². The lowest BCUT2D eigenvalue weighted by molar-refractivity contribution is 0.474. The molecule has 20 heavy (non-hydrogen) atoms. The molecule has 0 fully saturated rings. The topological polar surface area (TPSA) is 33.1 Å². The molecule has 2 nitrogen and oxygen atoms in total. The quantitative estimate of drug-likeness (QED) is 0.753. The van der Waals surface area contributed by atoms with Crippen LogP contribution in [-0.2, 0) is 6.42 Å². The van der Waals surface area contributed by atoms with E-state index >= 15 is 0 Å². The Morgan fingerprint density at radius 2 is 1.60 bits per heavy atom. The molecule has 2 heteroatoms. The van der Waals surface area contributed by atoms with Crippen LogP contribution in [0.2, 0.25) is 0 Å². The van der Waals surface area contributed by atoms with Crippen LogP contribution >= 0.6 is 0 Å². The summed E-state index contributed by atoms with van der Waals surface area (Å²) in [6.07, 6.45) is 0.872. The molecule has 100 valence electrons. The number of hydrogen-bond acceptors (Lipinski definition) is 2. The van der Waals surface area contributed by atoms with Gasteiger partial charge < -0.3 is 5.11 Å². The number of rotatable bonds is 2. The minimum atomic E-state index is 0.292. The summed E-state index contributed by atoms with van der Waals surface area (Å²) < 4.78 is 0. The first-order chi connectivity index (χ1) is 9.65. The zero-order valence-corrected chi connectivity index (χ0v) is 11.7. The summed E-state index contributed by atoms with van der Waals surface area (Å²) in [5, 5.41) is 12.1. The molecule has 0 aliphatic heterocycles. The molecule has 0 aliphatic carbocycles. The van der Waals surface area contributed by atoms with Crippen molar-refractivity contribution in [1.82, 2.24) is 4.98 Å². The third-order valence-electron chi connectivity index (χ3n) is 3.66. The number of fused-ring (bicyclic) bond motifs is 1. The van der Waals surface area contributed by atoms with Crippen molar-refractivity contribution >= 4 is 10.8 Å². The molecule has 1 N–H and O–H groups in total. The average molecular weight is 263 g/mol. The van der Waals surface area contributed by atoms with Gasteiger partial charge >= 0.3 is 0 Å². The molecular formula is C18H17NO. The van der Waals surface area contributed by atoms with Crippen molar-refractivity contribution in [2.45, 2.75) is 20.3 Å². The van der Waals surface area contributed by atoms with E-state index in [4.69, 9.17) is 0 Å². The van der Waals surface area contributed by atoms with Crippen molar-refractivity contribution in [3.8, 4) is 5.75 Å². The molecule has 3 aromatic rings. The summed E-state index contributed by atoms with van der Waals surface area (Å²) in [7, 11) is 0. The van der Waals surface area contributed by atoms with Gasteiger partial charge in [0.05, 0.1) is 5.69 Å². The largest absolute Gasteiger partial charge is 0.505 e. The second-order valence-corrected chi connectivity index (χ2v) is 5.17. The second kappa shape index (κ2) is 4.97. The highest BCUT2D eigenvalue weighted by atomic mass is 16.3. The Morgan fingerprint density at radius 1 is 0.850 bits per heavy atom. The monoisotopic (exact) mass is 263 g/mol. The van der Waals surface area contributed by atoms with Crippen LogP contribution in [0.25, 0.3) is 10.8 Å². The molecule has 0 aliphatic rings. The van der Waals surface area contributed by atoms with E-state index in [9.17, 15) is 5.11 Å². The number of aromatic hydroxyl groups is 1.